The summed E-state index contributed by atoms with van der Waals surface area (Å²) in [5, 5.41) is 16.2. The highest BCUT2D eigenvalue weighted by Crippen LogP contribution is 2.48. The number of nitrogens with one attached hydrogen (secondary N) is 1. The highest BCUT2D eigenvalue weighted by atomic mass is 19.4. The van der Waals surface area contributed by atoms with Crippen LogP contribution in [0.3, 0.4) is 0 Å². The van der Waals surface area contributed by atoms with E-state index in [1.54, 1.807) is 13.0 Å². The van der Waals surface area contributed by atoms with Crippen molar-refractivity contribution in [3.63, 3.8) is 0 Å². The van der Waals surface area contributed by atoms with Gasteiger partial charge >= 0.3 is 6.18 Å². The van der Waals surface area contributed by atoms with Crippen molar-refractivity contribution in [3.8, 4) is 12.0 Å². The van der Waals surface area contributed by atoms with Crippen LogP contribution in [0.25, 0.3) is 5.95 Å². The summed E-state index contributed by atoms with van der Waals surface area (Å²) < 4.78 is 41.4. The zero-order chi connectivity index (χ0) is 22.2. The number of nitrogens with zero attached hydrogens (tertiary/aromatic N) is 6. The topological polar surface area (TPSA) is 109 Å². The summed E-state index contributed by atoms with van der Waals surface area (Å²) in [6, 6.07) is 6.09. The average molecular weight is 427 g/mol. The number of aromatic nitrogens is 5. The molecule has 1 fully saturated rings. The molecular weight excluding hydrogens is 411 g/mol. The monoisotopic (exact) mass is 427 g/mol. The van der Waals surface area contributed by atoms with E-state index in [9.17, 15) is 23.2 Å². The van der Waals surface area contributed by atoms with Crippen molar-refractivity contribution in [2.24, 2.45) is 0 Å². The molecule has 1 unspecified atom stereocenters. The molecule has 0 spiro atoms. The van der Waals surface area contributed by atoms with Crippen molar-refractivity contribution in [1.29, 1.82) is 5.26 Å². The first kappa shape index (κ1) is 20.5. The summed E-state index contributed by atoms with van der Waals surface area (Å²) in [5.41, 5.74) is -1.90. The maximum Gasteiger partial charge on any atom is 0.416 e. The Morgan fingerprint density at radius 1 is 1.23 bits per heavy atom. The van der Waals surface area contributed by atoms with Crippen LogP contribution in [0, 0.1) is 11.3 Å². The van der Waals surface area contributed by atoms with Gasteiger partial charge in [-0.15, -0.1) is 5.10 Å². The van der Waals surface area contributed by atoms with E-state index in [4.69, 9.17) is 0 Å². The van der Waals surface area contributed by atoms with E-state index in [1.165, 1.54) is 29.5 Å². The molecule has 4 rings (SSSR count). The van der Waals surface area contributed by atoms with Gasteiger partial charge in [-0.05, 0) is 49.6 Å². The number of hydrogen-bond donors (Lipinski definition) is 1. The molecule has 8 nitrogen and oxygen atoms in total. The Bertz CT molecular complexity index is 1160. The number of benzene rings is 1. The number of carbonyl (C=O) groups is 1. The van der Waals surface area contributed by atoms with Gasteiger partial charge in [0.25, 0.3) is 11.9 Å². The van der Waals surface area contributed by atoms with Crippen LogP contribution in [0.15, 0.2) is 43.0 Å². The summed E-state index contributed by atoms with van der Waals surface area (Å²) in [6.45, 7) is 1.61. The van der Waals surface area contributed by atoms with E-state index in [0.717, 1.165) is 12.1 Å². The van der Waals surface area contributed by atoms with Gasteiger partial charge in [-0.3, -0.25) is 4.79 Å². The molecule has 1 atom stereocenters. The van der Waals surface area contributed by atoms with Crippen molar-refractivity contribution in [2.75, 3.05) is 0 Å². The Morgan fingerprint density at radius 3 is 2.55 bits per heavy atom. The fourth-order valence-electron chi connectivity index (χ4n) is 3.11. The van der Waals surface area contributed by atoms with Gasteiger partial charge in [-0.2, -0.15) is 23.1 Å². The maximum atomic E-state index is 13.4. The van der Waals surface area contributed by atoms with Crippen molar-refractivity contribution < 1.29 is 18.0 Å². The standard InChI is InChI=1S/C20H16F3N7O/c1-12(16-27-11-30(29-16)18-25-5-2-6-26-18)28-17(31)13-7-14(19(10-24)3-4-19)9-15(8-13)20(21,22)23/h2,5-9,11-12H,3-4H2,1H3,(H,28,31). The molecule has 0 aliphatic heterocycles. The van der Waals surface area contributed by atoms with E-state index in [2.05, 4.69) is 31.4 Å². The lowest BCUT2D eigenvalue weighted by molar-refractivity contribution is -0.137. The van der Waals surface area contributed by atoms with Crippen LogP contribution in [-0.2, 0) is 11.6 Å². The number of halogens is 3. The van der Waals surface area contributed by atoms with Crippen LogP contribution in [0.4, 0.5) is 13.2 Å². The molecule has 1 saturated carbocycles. The molecule has 0 radical (unpaired) electrons. The van der Waals surface area contributed by atoms with Crippen molar-refractivity contribution in [3.05, 3.63) is 65.5 Å². The molecule has 31 heavy (non-hydrogen) atoms. The Kier molecular flexibility index (Phi) is 4.93. The van der Waals surface area contributed by atoms with Crippen molar-refractivity contribution >= 4 is 5.91 Å². The quantitative estimate of drug-likeness (QED) is 0.670. The summed E-state index contributed by atoms with van der Waals surface area (Å²) >= 11 is 0. The van der Waals surface area contributed by atoms with Gasteiger partial charge in [-0.25, -0.2) is 15.0 Å². The predicted molar refractivity (Wildman–Crippen MR) is 101 cm³/mol. The number of carbonyl (C=O) groups excluding carboxylic acids is 1. The SMILES string of the molecule is CC(NC(=O)c1cc(C(F)(F)F)cc(C2(C#N)CC2)c1)c1ncn(-c2ncccn2)n1. The molecule has 11 heteroatoms. The van der Waals surface area contributed by atoms with E-state index in [-0.39, 0.29) is 22.9 Å². The van der Waals surface area contributed by atoms with E-state index >= 15 is 0 Å². The maximum absolute atomic E-state index is 13.4. The molecule has 2 aromatic heterocycles. The van der Waals surface area contributed by atoms with Gasteiger partial charge in [0.15, 0.2) is 5.82 Å². The largest absolute Gasteiger partial charge is 0.416 e. The fraction of sp³-hybridized carbons (Fsp3) is 0.300. The molecule has 1 aromatic carbocycles. The smallest absolute Gasteiger partial charge is 0.342 e. The van der Waals surface area contributed by atoms with Crippen LogP contribution in [0.5, 0.6) is 0 Å². The third-order valence-electron chi connectivity index (χ3n) is 5.04. The highest BCUT2D eigenvalue weighted by Gasteiger charge is 2.46. The van der Waals surface area contributed by atoms with Crippen LogP contribution in [-0.4, -0.2) is 30.6 Å². The first-order valence-electron chi connectivity index (χ1n) is 9.36. The van der Waals surface area contributed by atoms with E-state index in [1.807, 2.05) is 0 Å². The minimum absolute atomic E-state index is 0.177. The van der Waals surface area contributed by atoms with Gasteiger partial charge in [-0.1, -0.05) is 0 Å². The predicted octanol–water partition coefficient (Wildman–Crippen LogP) is 3.12. The lowest BCUT2D eigenvalue weighted by Gasteiger charge is -2.16. The van der Waals surface area contributed by atoms with Gasteiger partial charge in [0.2, 0.25) is 0 Å². The summed E-state index contributed by atoms with van der Waals surface area (Å²) in [6.07, 6.45) is 0.732. The zero-order valence-corrected chi connectivity index (χ0v) is 16.3. The van der Waals surface area contributed by atoms with Gasteiger partial charge in [0.1, 0.15) is 6.33 Å². The average Bonchev–Trinajstić information content (AvgIpc) is 3.41. The Hall–Kier alpha value is -3.81. The first-order valence-corrected chi connectivity index (χ1v) is 9.36. The van der Waals surface area contributed by atoms with Crippen LogP contribution >= 0.6 is 0 Å². The number of hydrogen-bond acceptors (Lipinski definition) is 6. The molecule has 1 aliphatic rings. The lowest BCUT2D eigenvalue weighted by Crippen LogP contribution is -2.28. The second kappa shape index (κ2) is 7.46. The molecule has 1 N–H and O–H groups in total. The minimum atomic E-state index is -4.64. The number of nitriles is 1. The second-order valence-corrected chi connectivity index (χ2v) is 7.28. The molecule has 3 aromatic rings. The number of amides is 1. The van der Waals surface area contributed by atoms with Crippen LogP contribution in [0.2, 0.25) is 0 Å². The highest BCUT2D eigenvalue weighted by molar-refractivity contribution is 5.95. The van der Waals surface area contributed by atoms with Crippen LogP contribution in [0.1, 0.15) is 53.1 Å². The molecular formula is C20H16F3N7O. The third-order valence-corrected chi connectivity index (χ3v) is 5.04. The second-order valence-electron chi connectivity index (χ2n) is 7.28. The number of alkyl halides is 3. The molecule has 2 heterocycles. The van der Waals surface area contributed by atoms with Crippen molar-refractivity contribution in [1.82, 2.24) is 30.0 Å². The molecule has 1 amide bonds. The summed E-state index contributed by atoms with van der Waals surface area (Å²) in [5.74, 6) is -0.196. The Morgan fingerprint density at radius 2 is 1.94 bits per heavy atom. The normalized spacial score (nSPS) is 15.7. The molecule has 0 bridgehead atoms. The summed E-state index contributed by atoms with van der Waals surface area (Å²) in [4.78, 5) is 24.9. The lowest BCUT2D eigenvalue weighted by atomic mass is 9.93. The van der Waals surface area contributed by atoms with E-state index in [0.29, 0.717) is 12.8 Å². The van der Waals surface area contributed by atoms with Gasteiger partial charge in [0.05, 0.1) is 23.1 Å². The van der Waals surface area contributed by atoms with Gasteiger partial charge < -0.3 is 5.32 Å². The Labute approximate surface area is 174 Å². The fourth-order valence-corrected chi connectivity index (χ4v) is 3.11. The third kappa shape index (κ3) is 4.09. The van der Waals surface area contributed by atoms with E-state index < -0.39 is 29.1 Å². The van der Waals surface area contributed by atoms with Crippen LogP contribution < -0.4 is 5.32 Å². The van der Waals surface area contributed by atoms with Crippen molar-refractivity contribution in [2.45, 2.75) is 37.4 Å². The first-order chi connectivity index (χ1) is 14.7. The minimum Gasteiger partial charge on any atom is -0.342 e. The van der Waals surface area contributed by atoms with Gasteiger partial charge in [0, 0.05) is 18.0 Å². The Balaban J connectivity index is 1.58. The molecule has 158 valence electrons. The summed E-state index contributed by atoms with van der Waals surface area (Å²) in [7, 11) is 0. The molecule has 0 saturated heterocycles. The number of rotatable bonds is 5. The molecule has 1 aliphatic carbocycles. The zero-order valence-electron chi connectivity index (χ0n) is 16.3.